The van der Waals surface area contributed by atoms with E-state index in [-0.39, 0.29) is 0 Å². The lowest BCUT2D eigenvalue weighted by atomic mass is 10.3. The number of nitrogens with zero attached hydrogens (tertiary/aromatic N) is 2. The summed E-state index contributed by atoms with van der Waals surface area (Å²) in [5.41, 5.74) is 1.12. The summed E-state index contributed by atoms with van der Waals surface area (Å²) in [6.07, 6.45) is 2.73. The molecule has 0 saturated heterocycles. The number of aliphatic imine (C=N–C) groups is 2. The fourth-order valence-electron chi connectivity index (χ4n) is 0.315. The van der Waals surface area contributed by atoms with Gasteiger partial charge in [0.2, 0.25) is 0 Å². The molecule has 0 atom stereocenters. The SMILES string of the molecule is CN=CCC(C)=NC. The Morgan fingerprint density at radius 3 is 2.50 bits per heavy atom. The Bertz CT molecular complexity index is 103. The zero-order valence-electron chi connectivity index (χ0n) is 5.68. The van der Waals surface area contributed by atoms with Gasteiger partial charge in [-0.1, -0.05) is 0 Å². The van der Waals surface area contributed by atoms with E-state index in [1.54, 1.807) is 14.1 Å². The van der Waals surface area contributed by atoms with E-state index < -0.39 is 0 Å². The van der Waals surface area contributed by atoms with E-state index in [0.717, 1.165) is 12.1 Å². The zero-order valence-corrected chi connectivity index (χ0v) is 5.68. The average Bonchev–Trinajstić information content (AvgIpc) is 1.83. The van der Waals surface area contributed by atoms with Crippen LogP contribution in [0.4, 0.5) is 0 Å². The Morgan fingerprint density at radius 2 is 2.12 bits per heavy atom. The summed E-state index contributed by atoms with van der Waals surface area (Å²) in [6, 6.07) is 0. The van der Waals surface area contributed by atoms with E-state index in [1.807, 2.05) is 13.1 Å². The summed E-state index contributed by atoms with van der Waals surface area (Å²) in [5, 5.41) is 0. The van der Waals surface area contributed by atoms with Gasteiger partial charge in [0.15, 0.2) is 0 Å². The molecule has 0 aliphatic heterocycles. The first-order chi connectivity index (χ1) is 3.81. The summed E-state index contributed by atoms with van der Waals surface area (Å²) in [6.45, 7) is 1.99. The zero-order chi connectivity index (χ0) is 6.41. The molecule has 2 heteroatoms. The Morgan fingerprint density at radius 1 is 1.50 bits per heavy atom. The number of rotatable bonds is 2. The average molecular weight is 112 g/mol. The van der Waals surface area contributed by atoms with E-state index in [0.29, 0.717) is 0 Å². The molecule has 0 unspecified atom stereocenters. The molecule has 8 heavy (non-hydrogen) atoms. The van der Waals surface area contributed by atoms with Gasteiger partial charge in [-0.3, -0.25) is 4.99 Å². The molecule has 0 rings (SSSR count). The van der Waals surface area contributed by atoms with Crippen molar-refractivity contribution in [2.45, 2.75) is 13.3 Å². The lowest BCUT2D eigenvalue weighted by Crippen LogP contribution is -1.90. The molecular formula is C6H12N2. The standard InChI is InChI=1S/C6H12N2/c1-6(8-3)4-5-7-2/h5H,4H2,1-3H3. The van der Waals surface area contributed by atoms with Gasteiger partial charge in [-0.05, 0) is 6.92 Å². The number of hydrogen-bond acceptors (Lipinski definition) is 2. The van der Waals surface area contributed by atoms with Gasteiger partial charge in [0.05, 0.1) is 0 Å². The molecule has 0 aromatic carbocycles. The molecule has 0 N–H and O–H groups in total. The minimum atomic E-state index is 0.882. The van der Waals surface area contributed by atoms with Crippen LogP contribution in [0.3, 0.4) is 0 Å². The molecule has 2 nitrogen and oxygen atoms in total. The summed E-state index contributed by atoms with van der Waals surface area (Å²) < 4.78 is 0. The van der Waals surface area contributed by atoms with Crippen LogP contribution in [0, 0.1) is 0 Å². The van der Waals surface area contributed by atoms with Crippen molar-refractivity contribution >= 4 is 11.9 Å². The molecule has 0 aliphatic rings. The van der Waals surface area contributed by atoms with Gasteiger partial charge in [-0.2, -0.15) is 0 Å². The minimum absolute atomic E-state index is 0.882. The predicted octanol–water partition coefficient (Wildman–Crippen LogP) is 1.17. The largest absolute Gasteiger partial charge is 0.300 e. The van der Waals surface area contributed by atoms with E-state index in [4.69, 9.17) is 0 Å². The van der Waals surface area contributed by atoms with Crippen LogP contribution in [-0.4, -0.2) is 26.0 Å². The van der Waals surface area contributed by atoms with E-state index in [1.165, 1.54) is 0 Å². The van der Waals surface area contributed by atoms with Crippen LogP contribution >= 0.6 is 0 Å². The maximum absolute atomic E-state index is 3.95. The highest BCUT2D eigenvalue weighted by Crippen LogP contribution is 1.78. The molecule has 0 saturated carbocycles. The third-order valence-electron chi connectivity index (χ3n) is 0.951. The van der Waals surface area contributed by atoms with Gasteiger partial charge in [-0.15, -0.1) is 0 Å². The van der Waals surface area contributed by atoms with Crippen LogP contribution in [-0.2, 0) is 0 Å². The first-order valence-electron chi connectivity index (χ1n) is 2.64. The second-order valence-electron chi connectivity index (χ2n) is 1.60. The molecule has 0 aliphatic carbocycles. The molecule has 0 aromatic rings. The molecule has 0 aromatic heterocycles. The van der Waals surface area contributed by atoms with Crippen molar-refractivity contribution in [3.05, 3.63) is 0 Å². The van der Waals surface area contributed by atoms with Crippen LogP contribution in [0.25, 0.3) is 0 Å². The molecule has 0 fully saturated rings. The number of hydrogen-bond donors (Lipinski definition) is 0. The normalized spacial score (nSPS) is 13.1. The molecule has 0 bridgehead atoms. The fraction of sp³-hybridized carbons (Fsp3) is 0.667. The smallest absolute Gasteiger partial charge is 0.0276 e. The Hall–Kier alpha value is -0.660. The minimum Gasteiger partial charge on any atom is -0.300 e. The van der Waals surface area contributed by atoms with Crippen LogP contribution in [0.2, 0.25) is 0 Å². The van der Waals surface area contributed by atoms with Crippen molar-refractivity contribution in [1.29, 1.82) is 0 Å². The molecule has 0 heterocycles. The van der Waals surface area contributed by atoms with Crippen LogP contribution < -0.4 is 0 Å². The Kier molecular flexibility index (Phi) is 4.13. The highest BCUT2D eigenvalue weighted by atomic mass is 14.7. The Labute approximate surface area is 50.4 Å². The lowest BCUT2D eigenvalue weighted by Gasteiger charge is -1.87. The highest BCUT2D eigenvalue weighted by molar-refractivity contribution is 5.93. The molecule has 0 amide bonds. The Balaban J connectivity index is 3.40. The van der Waals surface area contributed by atoms with Crippen LogP contribution in [0.1, 0.15) is 13.3 Å². The van der Waals surface area contributed by atoms with E-state index >= 15 is 0 Å². The summed E-state index contributed by atoms with van der Waals surface area (Å²) in [7, 11) is 3.56. The van der Waals surface area contributed by atoms with Crippen LogP contribution in [0.5, 0.6) is 0 Å². The van der Waals surface area contributed by atoms with E-state index in [9.17, 15) is 0 Å². The second kappa shape index (κ2) is 4.50. The third kappa shape index (κ3) is 3.53. The van der Waals surface area contributed by atoms with Crippen molar-refractivity contribution in [2.24, 2.45) is 9.98 Å². The van der Waals surface area contributed by atoms with Crippen molar-refractivity contribution in [1.82, 2.24) is 0 Å². The first-order valence-corrected chi connectivity index (χ1v) is 2.64. The topological polar surface area (TPSA) is 24.7 Å². The molecule has 0 spiro atoms. The van der Waals surface area contributed by atoms with Crippen molar-refractivity contribution in [3.8, 4) is 0 Å². The molecule has 46 valence electrons. The van der Waals surface area contributed by atoms with Crippen molar-refractivity contribution in [3.63, 3.8) is 0 Å². The van der Waals surface area contributed by atoms with Crippen molar-refractivity contribution in [2.75, 3.05) is 14.1 Å². The lowest BCUT2D eigenvalue weighted by molar-refractivity contribution is 1.35. The van der Waals surface area contributed by atoms with E-state index in [2.05, 4.69) is 9.98 Å². The van der Waals surface area contributed by atoms with Gasteiger partial charge in [0, 0.05) is 32.4 Å². The van der Waals surface area contributed by atoms with Gasteiger partial charge in [0.1, 0.15) is 0 Å². The highest BCUT2D eigenvalue weighted by Gasteiger charge is 1.80. The van der Waals surface area contributed by atoms with Gasteiger partial charge in [-0.25, -0.2) is 0 Å². The predicted molar refractivity (Wildman–Crippen MR) is 38.1 cm³/mol. The maximum Gasteiger partial charge on any atom is 0.0276 e. The van der Waals surface area contributed by atoms with Gasteiger partial charge < -0.3 is 4.99 Å². The molecular weight excluding hydrogens is 100 g/mol. The van der Waals surface area contributed by atoms with Gasteiger partial charge in [0.25, 0.3) is 0 Å². The fourth-order valence-corrected chi connectivity index (χ4v) is 0.315. The van der Waals surface area contributed by atoms with Crippen LogP contribution in [0.15, 0.2) is 9.98 Å². The first kappa shape index (κ1) is 7.34. The summed E-state index contributed by atoms with van der Waals surface area (Å²) in [4.78, 5) is 7.77. The summed E-state index contributed by atoms with van der Waals surface area (Å²) in [5.74, 6) is 0. The summed E-state index contributed by atoms with van der Waals surface area (Å²) >= 11 is 0. The van der Waals surface area contributed by atoms with Gasteiger partial charge >= 0.3 is 0 Å². The quantitative estimate of drug-likeness (QED) is 0.479. The maximum atomic E-state index is 3.95. The third-order valence-corrected chi connectivity index (χ3v) is 0.951. The molecule has 0 radical (unpaired) electrons. The monoisotopic (exact) mass is 112 g/mol. The second-order valence-corrected chi connectivity index (χ2v) is 1.60. The van der Waals surface area contributed by atoms with Crippen molar-refractivity contribution < 1.29 is 0 Å².